The lowest BCUT2D eigenvalue weighted by molar-refractivity contribution is 0.103. The van der Waals surface area contributed by atoms with Crippen LogP contribution in [0.15, 0.2) is 46.9 Å². The zero-order valence-electron chi connectivity index (χ0n) is 11.4. The Bertz CT molecular complexity index is 638. The highest BCUT2D eigenvalue weighted by atomic mass is 79.9. The van der Waals surface area contributed by atoms with Gasteiger partial charge in [0.25, 0.3) is 0 Å². The van der Waals surface area contributed by atoms with Gasteiger partial charge >= 0.3 is 0 Å². The van der Waals surface area contributed by atoms with Gasteiger partial charge in [-0.15, -0.1) is 0 Å². The second-order valence-electron chi connectivity index (χ2n) is 4.73. The minimum absolute atomic E-state index is 0.00762. The molecule has 3 nitrogen and oxygen atoms in total. The van der Waals surface area contributed by atoms with Gasteiger partial charge in [0.2, 0.25) is 0 Å². The van der Waals surface area contributed by atoms with Crippen LogP contribution >= 0.6 is 15.9 Å². The van der Waals surface area contributed by atoms with Gasteiger partial charge in [-0.25, -0.2) is 0 Å². The van der Waals surface area contributed by atoms with Gasteiger partial charge in [0.15, 0.2) is 5.78 Å². The number of hydrogen-bond acceptors (Lipinski definition) is 3. The Kier molecular flexibility index (Phi) is 4.45. The minimum Gasteiger partial charge on any atom is -0.490 e. The van der Waals surface area contributed by atoms with Crippen molar-refractivity contribution in [2.75, 3.05) is 5.73 Å². The standard InChI is InChI=1S/C16H16BrNO2/c1-10(2)20-15-6-4-3-5-12(15)16(19)13-9-11(18)7-8-14(13)17/h3-10H,18H2,1-2H3. The van der Waals surface area contributed by atoms with Crippen molar-refractivity contribution in [3.05, 3.63) is 58.1 Å². The average Bonchev–Trinajstić information content (AvgIpc) is 2.41. The third-order valence-electron chi connectivity index (χ3n) is 2.73. The van der Waals surface area contributed by atoms with E-state index >= 15 is 0 Å². The molecule has 0 saturated carbocycles. The Morgan fingerprint density at radius 2 is 1.85 bits per heavy atom. The fraction of sp³-hybridized carbons (Fsp3) is 0.188. The van der Waals surface area contributed by atoms with E-state index < -0.39 is 0 Å². The summed E-state index contributed by atoms with van der Waals surface area (Å²) < 4.78 is 6.41. The molecule has 0 aliphatic rings. The Labute approximate surface area is 126 Å². The first kappa shape index (κ1) is 14.6. The molecule has 4 heteroatoms. The smallest absolute Gasteiger partial charge is 0.197 e. The first-order chi connectivity index (χ1) is 9.49. The number of ketones is 1. The molecule has 2 rings (SSSR count). The molecule has 2 N–H and O–H groups in total. The molecule has 0 spiro atoms. The largest absolute Gasteiger partial charge is 0.490 e. The maximum atomic E-state index is 12.7. The fourth-order valence-electron chi connectivity index (χ4n) is 1.87. The first-order valence-electron chi connectivity index (χ1n) is 6.34. The molecule has 2 aromatic carbocycles. The maximum absolute atomic E-state index is 12.7. The lowest BCUT2D eigenvalue weighted by atomic mass is 10.0. The Hall–Kier alpha value is -1.81. The molecule has 20 heavy (non-hydrogen) atoms. The summed E-state index contributed by atoms with van der Waals surface area (Å²) in [5.41, 5.74) is 7.38. The summed E-state index contributed by atoms with van der Waals surface area (Å²) in [6, 6.07) is 12.4. The molecule has 2 aromatic rings. The molecule has 0 unspecified atom stereocenters. The van der Waals surface area contributed by atoms with Crippen LogP contribution in [0, 0.1) is 0 Å². The van der Waals surface area contributed by atoms with Crippen molar-refractivity contribution in [3.8, 4) is 5.75 Å². The fourth-order valence-corrected chi connectivity index (χ4v) is 2.30. The van der Waals surface area contributed by atoms with Crippen LogP contribution in [0.5, 0.6) is 5.75 Å². The van der Waals surface area contributed by atoms with Gasteiger partial charge in [-0.2, -0.15) is 0 Å². The summed E-state index contributed by atoms with van der Waals surface area (Å²) in [5.74, 6) is 0.474. The minimum atomic E-state index is -0.111. The third kappa shape index (κ3) is 3.20. The van der Waals surface area contributed by atoms with E-state index in [4.69, 9.17) is 10.5 Å². The predicted molar refractivity (Wildman–Crippen MR) is 84.2 cm³/mol. The number of carbonyl (C=O) groups is 1. The van der Waals surface area contributed by atoms with E-state index in [2.05, 4.69) is 15.9 Å². The average molecular weight is 334 g/mol. The number of benzene rings is 2. The quantitative estimate of drug-likeness (QED) is 0.678. The number of rotatable bonds is 4. The van der Waals surface area contributed by atoms with Gasteiger partial charge in [-0.05, 0) is 44.2 Å². The summed E-state index contributed by atoms with van der Waals surface area (Å²) in [5, 5.41) is 0. The van der Waals surface area contributed by atoms with Crippen molar-refractivity contribution in [1.82, 2.24) is 0 Å². The van der Waals surface area contributed by atoms with E-state index in [0.717, 1.165) is 4.47 Å². The highest BCUT2D eigenvalue weighted by molar-refractivity contribution is 9.10. The third-order valence-corrected chi connectivity index (χ3v) is 3.42. The molecule has 0 saturated heterocycles. The number of nitrogen functional groups attached to an aromatic ring is 1. The normalized spacial score (nSPS) is 10.6. The summed E-state index contributed by atoms with van der Waals surface area (Å²) in [7, 11) is 0. The first-order valence-corrected chi connectivity index (χ1v) is 7.13. The van der Waals surface area contributed by atoms with Crippen molar-refractivity contribution in [3.63, 3.8) is 0 Å². The molecule has 0 radical (unpaired) electrons. The SMILES string of the molecule is CC(C)Oc1ccccc1C(=O)c1cc(N)ccc1Br. The van der Waals surface area contributed by atoms with Gasteiger partial charge in [-0.1, -0.05) is 28.1 Å². The number of halogens is 1. The van der Waals surface area contributed by atoms with E-state index in [1.54, 1.807) is 30.3 Å². The van der Waals surface area contributed by atoms with E-state index in [1.807, 2.05) is 26.0 Å². The lowest BCUT2D eigenvalue weighted by Crippen LogP contribution is -2.11. The van der Waals surface area contributed by atoms with Crippen LogP contribution < -0.4 is 10.5 Å². The Morgan fingerprint density at radius 3 is 2.55 bits per heavy atom. The lowest BCUT2D eigenvalue weighted by Gasteiger charge is -2.14. The second kappa shape index (κ2) is 6.09. The summed E-state index contributed by atoms with van der Waals surface area (Å²) in [6.07, 6.45) is 0.00762. The van der Waals surface area contributed by atoms with E-state index in [1.165, 1.54) is 0 Å². The van der Waals surface area contributed by atoms with Crippen molar-refractivity contribution < 1.29 is 9.53 Å². The Balaban J connectivity index is 2.45. The van der Waals surface area contributed by atoms with Crippen molar-refractivity contribution in [1.29, 1.82) is 0 Å². The van der Waals surface area contributed by atoms with Gasteiger partial charge in [0, 0.05) is 15.7 Å². The van der Waals surface area contributed by atoms with Crippen LogP contribution in [0.25, 0.3) is 0 Å². The number of hydrogen-bond donors (Lipinski definition) is 1. The highest BCUT2D eigenvalue weighted by Gasteiger charge is 2.17. The predicted octanol–water partition coefficient (Wildman–Crippen LogP) is 4.05. The summed E-state index contributed by atoms with van der Waals surface area (Å²) >= 11 is 3.39. The van der Waals surface area contributed by atoms with Crippen LogP contribution in [0.3, 0.4) is 0 Å². The molecule has 0 heterocycles. The zero-order chi connectivity index (χ0) is 14.7. The number of para-hydroxylation sites is 1. The monoisotopic (exact) mass is 333 g/mol. The van der Waals surface area contributed by atoms with Gasteiger partial charge in [0.1, 0.15) is 5.75 Å². The molecule has 0 fully saturated rings. The molecule has 0 aliphatic heterocycles. The van der Waals surface area contributed by atoms with Crippen LogP contribution in [0.1, 0.15) is 29.8 Å². The van der Waals surface area contributed by atoms with E-state index in [-0.39, 0.29) is 11.9 Å². The van der Waals surface area contributed by atoms with E-state index in [0.29, 0.717) is 22.6 Å². The van der Waals surface area contributed by atoms with Crippen LogP contribution in [0.2, 0.25) is 0 Å². The molecular weight excluding hydrogens is 318 g/mol. The number of ether oxygens (including phenoxy) is 1. The summed E-state index contributed by atoms with van der Waals surface area (Å²) in [6.45, 7) is 3.86. The molecule has 104 valence electrons. The van der Waals surface area contributed by atoms with Crippen molar-refractivity contribution in [2.45, 2.75) is 20.0 Å². The molecule has 0 aromatic heterocycles. The molecule has 0 bridgehead atoms. The number of anilines is 1. The molecule has 0 aliphatic carbocycles. The van der Waals surface area contributed by atoms with Gasteiger partial charge in [-0.3, -0.25) is 4.79 Å². The van der Waals surface area contributed by atoms with Gasteiger partial charge < -0.3 is 10.5 Å². The van der Waals surface area contributed by atoms with Crippen molar-refractivity contribution in [2.24, 2.45) is 0 Å². The summed E-state index contributed by atoms with van der Waals surface area (Å²) in [4.78, 5) is 12.7. The zero-order valence-corrected chi connectivity index (χ0v) is 13.0. The molecule has 0 amide bonds. The van der Waals surface area contributed by atoms with E-state index in [9.17, 15) is 4.79 Å². The van der Waals surface area contributed by atoms with Crippen molar-refractivity contribution >= 4 is 27.4 Å². The highest BCUT2D eigenvalue weighted by Crippen LogP contribution is 2.27. The number of nitrogens with two attached hydrogens (primary N) is 1. The second-order valence-corrected chi connectivity index (χ2v) is 5.59. The van der Waals surface area contributed by atoms with Crippen LogP contribution in [0.4, 0.5) is 5.69 Å². The Morgan fingerprint density at radius 1 is 1.15 bits per heavy atom. The molecular formula is C16H16BrNO2. The maximum Gasteiger partial charge on any atom is 0.197 e. The number of carbonyl (C=O) groups excluding carboxylic acids is 1. The van der Waals surface area contributed by atoms with Crippen LogP contribution in [-0.4, -0.2) is 11.9 Å². The van der Waals surface area contributed by atoms with Gasteiger partial charge in [0.05, 0.1) is 11.7 Å². The molecule has 0 atom stereocenters. The van der Waals surface area contributed by atoms with Crippen LogP contribution in [-0.2, 0) is 0 Å². The topological polar surface area (TPSA) is 52.3 Å².